The molecule has 0 radical (unpaired) electrons. The lowest BCUT2D eigenvalue weighted by Crippen LogP contribution is -2.37. The fourth-order valence-electron chi connectivity index (χ4n) is 2.61. The van der Waals surface area contributed by atoms with Crippen molar-refractivity contribution in [2.24, 2.45) is 0 Å². The number of benzene rings is 1. The Hall–Kier alpha value is -2.35. The second kappa shape index (κ2) is 9.96. The molecule has 2 amide bonds. The zero-order valence-electron chi connectivity index (χ0n) is 15.2. The minimum absolute atomic E-state index is 0.162. The SMILES string of the molecule is CCCCOC(=O)N1CCc2ccc(NC(=S)NC(=O)OCC)cc2C1. The number of carbonyl (C=O) groups is 2. The lowest BCUT2D eigenvalue weighted by atomic mass is 9.99. The van der Waals surface area contributed by atoms with Crippen LogP contribution in [0.4, 0.5) is 15.3 Å². The molecule has 0 bridgehead atoms. The topological polar surface area (TPSA) is 79.9 Å². The van der Waals surface area contributed by atoms with E-state index in [9.17, 15) is 9.59 Å². The standard InChI is InChI=1S/C18H25N3O4S/c1-3-5-10-25-18(23)21-9-8-13-6-7-15(11-14(13)12-21)19-16(26)20-17(22)24-4-2/h6-7,11H,3-5,8-10,12H2,1-2H3,(H2,19,20,22,26). The van der Waals surface area contributed by atoms with Gasteiger partial charge in [-0.05, 0) is 55.2 Å². The number of nitrogens with one attached hydrogen (secondary N) is 2. The van der Waals surface area contributed by atoms with Crippen molar-refractivity contribution in [3.8, 4) is 0 Å². The van der Waals surface area contributed by atoms with E-state index in [1.54, 1.807) is 11.8 Å². The number of rotatable bonds is 5. The van der Waals surface area contributed by atoms with E-state index >= 15 is 0 Å². The summed E-state index contributed by atoms with van der Waals surface area (Å²) in [5, 5.41) is 5.55. The van der Waals surface area contributed by atoms with Crippen molar-refractivity contribution >= 4 is 35.2 Å². The van der Waals surface area contributed by atoms with Crippen LogP contribution in [0.5, 0.6) is 0 Å². The Morgan fingerprint density at radius 1 is 1.23 bits per heavy atom. The van der Waals surface area contributed by atoms with Gasteiger partial charge in [-0.2, -0.15) is 0 Å². The first kappa shape index (κ1) is 20.0. The van der Waals surface area contributed by atoms with E-state index in [2.05, 4.69) is 17.6 Å². The van der Waals surface area contributed by atoms with Crippen LogP contribution in [-0.2, 0) is 22.4 Å². The van der Waals surface area contributed by atoms with E-state index < -0.39 is 6.09 Å². The molecule has 1 aliphatic rings. The number of amides is 2. The summed E-state index contributed by atoms with van der Waals surface area (Å²) in [4.78, 5) is 25.2. The summed E-state index contributed by atoms with van der Waals surface area (Å²) in [5.74, 6) is 0. The first-order valence-corrected chi connectivity index (χ1v) is 9.22. The van der Waals surface area contributed by atoms with Gasteiger partial charge in [0.15, 0.2) is 5.11 Å². The predicted molar refractivity (Wildman–Crippen MR) is 103 cm³/mol. The second-order valence-electron chi connectivity index (χ2n) is 5.92. The largest absolute Gasteiger partial charge is 0.450 e. The third-order valence-corrected chi connectivity index (χ3v) is 4.15. The zero-order chi connectivity index (χ0) is 18.9. The monoisotopic (exact) mass is 379 g/mol. The van der Waals surface area contributed by atoms with E-state index in [4.69, 9.17) is 21.7 Å². The first-order chi connectivity index (χ1) is 12.5. The van der Waals surface area contributed by atoms with E-state index in [-0.39, 0.29) is 17.8 Å². The maximum atomic E-state index is 12.1. The Balaban J connectivity index is 1.95. The molecule has 0 aliphatic carbocycles. The van der Waals surface area contributed by atoms with Crippen molar-refractivity contribution in [1.82, 2.24) is 10.2 Å². The van der Waals surface area contributed by atoms with Crippen molar-refractivity contribution in [3.05, 3.63) is 29.3 Å². The number of fused-ring (bicyclic) bond motifs is 1. The van der Waals surface area contributed by atoms with Gasteiger partial charge in [0.1, 0.15) is 0 Å². The fourth-order valence-corrected chi connectivity index (χ4v) is 2.81. The van der Waals surface area contributed by atoms with Gasteiger partial charge in [0, 0.05) is 18.8 Å². The molecule has 8 heteroatoms. The molecule has 1 aliphatic heterocycles. The first-order valence-electron chi connectivity index (χ1n) is 8.81. The summed E-state index contributed by atoms with van der Waals surface area (Å²) in [6, 6.07) is 5.83. The van der Waals surface area contributed by atoms with Crippen LogP contribution in [0, 0.1) is 0 Å². The number of anilines is 1. The number of hydrogen-bond acceptors (Lipinski definition) is 5. The maximum absolute atomic E-state index is 12.1. The van der Waals surface area contributed by atoms with Gasteiger partial charge in [-0.1, -0.05) is 19.4 Å². The molecule has 0 saturated carbocycles. The van der Waals surface area contributed by atoms with Crippen LogP contribution in [0.2, 0.25) is 0 Å². The van der Waals surface area contributed by atoms with Gasteiger partial charge in [-0.25, -0.2) is 9.59 Å². The molecule has 2 rings (SSSR count). The van der Waals surface area contributed by atoms with E-state index in [1.165, 1.54) is 5.56 Å². The Bertz CT molecular complexity index is 666. The Morgan fingerprint density at radius 3 is 2.77 bits per heavy atom. The van der Waals surface area contributed by atoms with Crippen molar-refractivity contribution < 1.29 is 19.1 Å². The summed E-state index contributed by atoms with van der Waals surface area (Å²) in [6.45, 7) is 5.65. The number of unbranched alkanes of at least 4 members (excludes halogenated alkanes) is 1. The highest BCUT2D eigenvalue weighted by Crippen LogP contribution is 2.23. The van der Waals surface area contributed by atoms with Crippen LogP contribution in [0.25, 0.3) is 0 Å². The Morgan fingerprint density at radius 2 is 2.04 bits per heavy atom. The summed E-state index contributed by atoms with van der Waals surface area (Å²) in [6.07, 6.45) is 1.77. The molecule has 1 aromatic rings. The minimum Gasteiger partial charge on any atom is -0.450 e. The van der Waals surface area contributed by atoms with Gasteiger partial charge in [-0.3, -0.25) is 5.32 Å². The molecule has 0 atom stereocenters. The molecule has 26 heavy (non-hydrogen) atoms. The van der Waals surface area contributed by atoms with Gasteiger partial charge in [0.2, 0.25) is 0 Å². The zero-order valence-corrected chi connectivity index (χ0v) is 16.0. The number of ether oxygens (including phenoxy) is 2. The molecule has 2 N–H and O–H groups in total. The average Bonchev–Trinajstić information content (AvgIpc) is 2.61. The Kier molecular flexibility index (Phi) is 7.65. The number of thiocarbonyl (C=S) groups is 1. The van der Waals surface area contributed by atoms with Crippen LogP contribution < -0.4 is 10.6 Å². The quantitative estimate of drug-likeness (QED) is 0.603. The number of hydrogen-bond donors (Lipinski definition) is 2. The van der Waals surface area contributed by atoms with Gasteiger partial charge in [0.25, 0.3) is 0 Å². The summed E-state index contributed by atoms with van der Waals surface area (Å²) >= 11 is 5.10. The lowest BCUT2D eigenvalue weighted by Gasteiger charge is -2.28. The number of alkyl carbamates (subject to hydrolysis) is 1. The summed E-state index contributed by atoms with van der Waals surface area (Å²) < 4.78 is 10.1. The van der Waals surface area contributed by atoms with E-state index in [0.29, 0.717) is 19.7 Å². The molecule has 1 heterocycles. The van der Waals surface area contributed by atoms with Gasteiger partial charge < -0.3 is 19.7 Å². The molecular formula is C18H25N3O4S. The normalized spacial score (nSPS) is 12.8. The van der Waals surface area contributed by atoms with Crippen LogP contribution in [0.15, 0.2) is 18.2 Å². The fraction of sp³-hybridized carbons (Fsp3) is 0.500. The van der Waals surface area contributed by atoms with Crippen LogP contribution in [-0.4, -0.2) is 42.0 Å². The predicted octanol–water partition coefficient (Wildman–Crippen LogP) is 3.42. The number of carbonyl (C=O) groups excluding carboxylic acids is 2. The molecule has 0 spiro atoms. The maximum Gasteiger partial charge on any atom is 0.413 e. The Labute approximate surface area is 159 Å². The van der Waals surface area contributed by atoms with E-state index in [0.717, 1.165) is 30.5 Å². The average molecular weight is 379 g/mol. The molecule has 7 nitrogen and oxygen atoms in total. The van der Waals surface area contributed by atoms with Gasteiger partial charge in [0.05, 0.1) is 13.2 Å². The van der Waals surface area contributed by atoms with Crippen molar-refractivity contribution in [1.29, 1.82) is 0 Å². The highest BCUT2D eigenvalue weighted by atomic mass is 32.1. The second-order valence-corrected chi connectivity index (χ2v) is 6.33. The minimum atomic E-state index is -0.594. The molecule has 1 aromatic carbocycles. The highest BCUT2D eigenvalue weighted by Gasteiger charge is 2.22. The van der Waals surface area contributed by atoms with Gasteiger partial charge in [-0.15, -0.1) is 0 Å². The highest BCUT2D eigenvalue weighted by molar-refractivity contribution is 7.80. The van der Waals surface area contributed by atoms with Crippen molar-refractivity contribution in [2.45, 2.75) is 39.7 Å². The third-order valence-electron chi connectivity index (χ3n) is 3.95. The molecule has 0 fully saturated rings. The van der Waals surface area contributed by atoms with E-state index in [1.807, 2.05) is 18.2 Å². The smallest absolute Gasteiger partial charge is 0.413 e. The van der Waals surface area contributed by atoms with Crippen LogP contribution in [0.1, 0.15) is 37.8 Å². The van der Waals surface area contributed by atoms with Crippen LogP contribution >= 0.6 is 12.2 Å². The summed E-state index contributed by atoms with van der Waals surface area (Å²) in [7, 11) is 0. The molecule has 142 valence electrons. The lowest BCUT2D eigenvalue weighted by molar-refractivity contribution is 0.0966. The third kappa shape index (κ3) is 5.87. The molecule has 0 aromatic heterocycles. The molecule has 0 unspecified atom stereocenters. The molecule has 0 saturated heterocycles. The molecular weight excluding hydrogens is 354 g/mol. The van der Waals surface area contributed by atoms with Crippen molar-refractivity contribution in [2.75, 3.05) is 25.1 Å². The summed E-state index contributed by atoms with van der Waals surface area (Å²) in [5.41, 5.74) is 2.97. The van der Waals surface area contributed by atoms with Crippen LogP contribution in [0.3, 0.4) is 0 Å². The number of nitrogens with zero attached hydrogens (tertiary/aromatic N) is 1. The van der Waals surface area contributed by atoms with Gasteiger partial charge >= 0.3 is 12.2 Å². The van der Waals surface area contributed by atoms with Crippen molar-refractivity contribution in [3.63, 3.8) is 0 Å².